The SMILES string of the molecule is CCOC1=NN(C)C(=O)/C1=C/C=C1/C(C)C(C)=C(C)N1C. The molecule has 2 rings (SSSR count). The number of amides is 1. The summed E-state index contributed by atoms with van der Waals surface area (Å²) in [6.07, 6.45) is 3.81. The molecule has 5 nitrogen and oxygen atoms in total. The molecule has 0 aliphatic carbocycles. The first-order chi connectivity index (χ1) is 9.88. The molecule has 114 valence electrons. The van der Waals surface area contributed by atoms with Crippen molar-refractivity contribution in [3.8, 4) is 0 Å². The van der Waals surface area contributed by atoms with Crippen LogP contribution in [0.25, 0.3) is 0 Å². The zero-order chi connectivity index (χ0) is 15.7. The van der Waals surface area contributed by atoms with Gasteiger partial charge in [-0.05, 0) is 38.5 Å². The van der Waals surface area contributed by atoms with Crippen LogP contribution in [0.2, 0.25) is 0 Å². The fraction of sp³-hybridized carbons (Fsp3) is 0.500. The average molecular weight is 289 g/mol. The van der Waals surface area contributed by atoms with E-state index < -0.39 is 0 Å². The summed E-state index contributed by atoms with van der Waals surface area (Å²) in [5, 5.41) is 5.42. The van der Waals surface area contributed by atoms with Crippen LogP contribution in [0, 0.1) is 5.92 Å². The molecule has 0 radical (unpaired) electrons. The monoisotopic (exact) mass is 289 g/mol. The van der Waals surface area contributed by atoms with Crippen LogP contribution >= 0.6 is 0 Å². The highest BCUT2D eigenvalue weighted by atomic mass is 16.5. The Morgan fingerprint density at radius 3 is 2.48 bits per heavy atom. The quantitative estimate of drug-likeness (QED) is 0.734. The number of carbonyl (C=O) groups is 1. The number of carbonyl (C=O) groups excluding carboxylic acids is 1. The summed E-state index contributed by atoms with van der Waals surface area (Å²) in [7, 11) is 3.68. The van der Waals surface area contributed by atoms with Crippen molar-refractivity contribution in [1.82, 2.24) is 9.91 Å². The van der Waals surface area contributed by atoms with Gasteiger partial charge in [-0.2, -0.15) is 0 Å². The lowest BCUT2D eigenvalue weighted by Crippen LogP contribution is -2.17. The Morgan fingerprint density at radius 2 is 1.95 bits per heavy atom. The maximum absolute atomic E-state index is 12.1. The highest BCUT2D eigenvalue weighted by Crippen LogP contribution is 2.35. The van der Waals surface area contributed by atoms with Crippen LogP contribution in [0.5, 0.6) is 0 Å². The molecule has 5 heteroatoms. The van der Waals surface area contributed by atoms with E-state index in [4.69, 9.17) is 4.74 Å². The van der Waals surface area contributed by atoms with Gasteiger partial charge in [-0.15, -0.1) is 5.10 Å². The molecule has 0 fully saturated rings. The standard InChI is InChI=1S/C16H23N3O2/c1-7-21-15-13(16(20)19(6)17-15)8-9-14-11(3)10(2)12(4)18(14)5/h8-9,11H,7H2,1-6H3/b13-8+,14-9-. The van der Waals surface area contributed by atoms with Crippen molar-refractivity contribution >= 4 is 11.8 Å². The van der Waals surface area contributed by atoms with Gasteiger partial charge in [0, 0.05) is 31.4 Å². The van der Waals surface area contributed by atoms with Gasteiger partial charge in [0.1, 0.15) is 5.57 Å². The molecule has 0 saturated carbocycles. The van der Waals surface area contributed by atoms with Crippen molar-refractivity contribution in [3.63, 3.8) is 0 Å². The van der Waals surface area contributed by atoms with Crippen LogP contribution in [0.15, 0.2) is 39.8 Å². The number of rotatable bonds is 2. The van der Waals surface area contributed by atoms with Crippen molar-refractivity contribution in [3.05, 3.63) is 34.7 Å². The second-order valence-corrected chi connectivity index (χ2v) is 5.39. The van der Waals surface area contributed by atoms with Crippen molar-refractivity contribution in [2.45, 2.75) is 27.7 Å². The topological polar surface area (TPSA) is 45.1 Å². The van der Waals surface area contributed by atoms with E-state index in [0.717, 1.165) is 0 Å². The molecule has 0 aromatic rings. The van der Waals surface area contributed by atoms with Gasteiger partial charge in [-0.1, -0.05) is 6.92 Å². The van der Waals surface area contributed by atoms with E-state index in [1.54, 1.807) is 7.05 Å². The first kappa shape index (κ1) is 15.4. The molecule has 1 amide bonds. The van der Waals surface area contributed by atoms with Crippen LogP contribution in [-0.2, 0) is 9.53 Å². The number of ether oxygens (including phenoxy) is 1. The lowest BCUT2D eigenvalue weighted by Gasteiger charge is -2.17. The number of hydrogen-bond acceptors (Lipinski definition) is 4. The van der Waals surface area contributed by atoms with E-state index in [-0.39, 0.29) is 5.91 Å². The van der Waals surface area contributed by atoms with E-state index in [1.165, 1.54) is 22.0 Å². The van der Waals surface area contributed by atoms with Gasteiger partial charge < -0.3 is 9.64 Å². The van der Waals surface area contributed by atoms with Crippen LogP contribution in [0.3, 0.4) is 0 Å². The normalized spacial score (nSPS) is 26.5. The first-order valence-electron chi connectivity index (χ1n) is 7.21. The van der Waals surface area contributed by atoms with E-state index in [1.807, 2.05) is 26.1 Å². The number of nitrogens with zero attached hydrogens (tertiary/aromatic N) is 3. The maximum atomic E-state index is 12.1. The van der Waals surface area contributed by atoms with Gasteiger partial charge in [0.25, 0.3) is 5.91 Å². The Kier molecular flexibility index (Phi) is 4.21. The Balaban J connectivity index is 2.30. The van der Waals surface area contributed by atoms with Gasteiger partial charge in [-0.3, -0.25) is 4.79 Å². The predicted molar refractivity (Wildman–Crippen MR) is 83.3 cm³/mol. The molecule has 2 aliphatic heterocycles. The molecule has 0 spiro atoms. The van der Waals surface area contributed by atoms with Crippen LogP contribution in [0.4, 0.5) is 0 Å². The molecule has 1 atom stereocenters. The third-order valence-electron chi connectivity index (χ3n) is 4.25. The molecular weight excluding hydrogens is 266 g/mol. The van der Waals surface area contributed by atoms with Gasteiger partial charge in [0.15, 0.2) is 0 Å². The fourth-order valence-corrected chi connectivity index (χ4v) is 2.60. The third-order valence-corrected chi connectivity index (χ3v) is 4.25. The summed E-state index contributed by atoms with van der Waals surface area (Å²) in [6.45, 7) is 8.80. The van der Waals surface area contributed by atoms with E-state index >= 15 is 0 Å². The van der Waals surface area contributed by atoms with Gasteiger partial charge in [0.05, 0.1) is 6.61 Å². The molecule has 2 aliphatic rings. The van der Waals surface area contributed by atoms with Crippen molar-refractivity contribution in [1.29, 1.82) is 0 Å². The Labute approximate surface area is 126 Å². The van der Waals surface area contributed by atoms with Crippen molar-refractivity contribution < 1.29 is 9.53 Å². The lowest BCUT2D eigenvalue weighted by molar-refractivity contribution is -0.124. The molecule has 2 heterocycles. The minimum Gasteiger partial charge on any atom is -0.476 e. The predicted octanol–water partition coefficient (Wildman–Crippen LogP) is 2.49. The number of allylic oxidation sites excluding steroid dienone is 4. The van der Waals surface area contributed by atoms with Gasteiger partial charge in [0.2, 0.25) is 5.90 Å². The largest absolute Gasteiger partial charge is 0.476 e. The molecule has 0 aromatic heterocycles. The van der Waals surface area contributed by atoms with Crippen LogP contribution in [0.1, 0.15) is 27.7 Å². The zero-order valence-corrected chi connectivity index (χ0v) is 13.6. The van der Waals surface area contributed by atoms with E-state index in [9.17, 15) is 4.79 Å². The Bertz CT molecular complexity index is 564. The molecule has 0 bridgehead atoms. The number of hydrazone groups is 1. The molecule has 0 aromatic carbocycles. The van der Waals surface area contributed by atoms with Gasteiger partial charge in [-0.25, -0.2) is 5.01 Å². The highest BCUT2D eigenvalue weighted by Gasteiger charge is 2.29. The van der Waals surface area contributed by atoms with Gasteiger partial charge >= 0.3 is 0 Å². The summed E-state index contributed by atoms with van der Waals surface area (Å²) < 4.78 is 5.43. The number of hydrogen-bond donors (Lipinski definition) is 0. The molecule has 1 unspecified atom stereocenters. The minimum atomic E-state index is -0.134. The van der Waals surface area contributed by atoms with E-state index in [0.29, 0.717) is 24.0 Å². The summed E-state index contributed by atoms with van der Waals surface area (Å²) in [4.78, 5) is 14.3. The second-order valence-electron chi connectivity index (χ2n) is 5.39. The molecule has 0 N–H and O–H groups in total. The fourth-order valence-electron chi connectivity index (χ4n) is 2.60. The zero-order valence-electron chi connectivity index (χ0n) is 13.6. The Morgan fingerprint density at radius 1 is 1.29 bits per heavy atom. The molecular formula is C16H23N3O2. The van der Waals surface area contributed by atoms with Crippen molar-refractivity contribution in [2.75, 3.05) is 20.7 Å². The highest BCUT2D eigenvalue weighted by molar-refractivity contribution is 6.21. The van der Waals surface area contributed by atoms with Crippen molar-refractivity contribution in [2.24, 2.45) is 11.0 Å². The minimum absolute atomic E-state index is 0.134. The summed E-state index contributed by atoms with van der Waals surface area (Å²) in [6, 6.07) is 0. The van der Waals surface area contributed by atoms with E-state index in [2.05, 4.69) is 30.8 Å². The summed E-state index contributed by atoms with van der Waals surface area (Å²) in [5.74, 6) is 0.620. The van der Waals surface area contributed by atoms with Crippen LogP contribution in [-0.4, -0.2) is 42.4 Å². The number of likely N-dealkylation sites (N-methyl/N-ethyl adjacent to an activating group) is 1. The second kappa shape index (κ2) is 5.76. The summed E-state index contributed by atoms with van der Waals surface area (Å²) >= 11 is 0. The smallest absolute Gasteiger partial charge is 0.279 e. The average Bonchev–Trinajstić information content (AvgIpc) is 2.81. The Hall–Kier alpha value is -2.04. The lowest BCUT2D eigenvalue weighted by atomic mass is 10.0. The first-order valence-corrected chi connectivity index (χ1v) is 7.21. The molecule has 0 saturated heterocycles. The summed E-state index contributed by atoms with van der Waals surface area (Å²) in [5.41, 5.74) is 4.31. The third kappa shape index (κ3) is 2.60. The maximum Gasteiger partial charge on any atom is 0.279 e. The molecule has 21 heavy (non-hydrogen) atoms. The van der Waals surface area contributed by atoms with Crippen LogP contribution < -0.4 is 0 Å².